The predicted molar refractivity (Wildman–Crippen MR) is 137 cm³/mol. The van der Waals surface area contributed by atoms with Crippen LogP contribution in [0.25, 0.3) is 0 Å². The molecule has 0 amide bonds. The summed E-state index contributed by atoms with van der Waals surface area (Å²) in [5, 5.41) is 0. The highest BCUT2D eigenvalue weighted by molar-refractivity contribution is 5.47. The fraction of sp³-hybridized carbons (Fsp3) is 0.167. The molecule has 5 heteroatoms. The Hall–Kier alpha value is -4.25. The normalized spacial score (nSPS) is 11.9. The molecule has 0 unspecified atom stereocenters. The Morgan fingerprint density at radius 1 is 0.457 bits per heavy atom. The van der Waals surface area contributed by atoms with Gasteiger partial charge in [0.05, 0.1) is 45.0 Å². The number of aromatic nitrogens is 5. The Morgan fingerprint density at radius 2 is 0.771 bits per heavy atom. The molecule has 0 fully saturated rings. The highest BCUT2D eigenvalue weighted by atomic mass is 14.9. The van der Waals surface area contributed by atoms with Crippen molar-refractivity contribution in [3.8, 4) is 0 Å². The first-order valence-corrected chi connectivity index (χ1v) is 11.7. The van der Waals surface area contributed by atoms with Crippen molar-refractivity contribution in [2.45, 2.75) is 31.6 Å². The standard InChI is InChI=1S/C30H27N5/c1-22-20-27(29(2,23-12-4-8-16-31-23)24-13-5-9-17-32-24)35-28(21-22)30(3,25-14-6-10-18-33-25)26-15-7-11-19-34-26/h4-21H,1-3H3. The molecule has 5 aromatic rings. The van der Waals surface area contributed by atoms with Crippen LogP contribution in [0.15, 0.2) is 110 Å². The van der Waals surface area contributed by atoms with Gasteiger partial charge in [-0.05, 0) is 87.0 Å². The lowest BCUT2D eigenvalue weighted by atomic mass is 9.75. The summed E-state index contributed by atoms with van der Waals surface area (Å²) in [6, 6.07) is 28.1. The molecule has 0 saturated heterocycles. The third kappa shape index (κ3) is 3.99. The molecule has 0 aliphatic rings. The van der Waals surface area contributed by atoms with E-state index in [1.807, 2.05) is 97.6 Å². The monoisotopic (exact) mass is 457 g/mol. The van der Waals surface area contributed by atoms with Gasteiger partial charge in [0.1, 0.15) is 0 Å². The van der Waals surface area contributed by atoms with Crippen LogP contribution >= 0.6 is 0 Å². The van der Waals surface area contributed by atoms with Crippen LogP contribution in [0.1, 0.15) is 53.6 Å². The second-order valence-corrected chi connectivity index (χ2v) is 9.02. The van der Waals surface area contributed by atoms with E-state index in [-0.39, 0.29) is 0 Å². The zero-order chi connectivity index (χ0) is 24.3. The van der Waals surface area contributed by atoms with E-state index in [0.717, 1.165) is 39.7 Å². The number of aryl methyl sites for hydroxylation is 1. The third-order valence-corrected chi connectivity index (χ3v) is 6.70. The van der Waals surface area contributed by atoms with Gasteiger partial charge in [-0.25, -0.2) is 0 Å². The molecule has 5 rings (SSSR count). The molecule has 0 aromatic carbocycles. The minimum Gasteiger partial charge on any atom is -0.260 e. The van der Waals surface area contributed by atoms with Gasteiger partial charge in [0.2, 0.25) is 0 Å². The first-order valence-electron chi connectivity index (χ1n) is 11.7. The molecule has 5 heterocycles. The van der Waals surface area contributed by atoms with Crippen LogP contribution < -0.4 is 0 Å². The first kappa shape index (κ1) is 22.5. The lowest BCUT2D eigenvalue weighted by molar-refractivity contribution is 0.580. The number of nitrogens with zero attached hydrogens (tertiary/aromatic N) is 5. The second kappa shape index (κ2) is 9.18. The molecule has 5 aromatic heterocycles. The maximum atomic E-state index is 5.32. The van der Waals surface area contributed by atoms with Gasteiger partial charge in [0, 0.05) is 24.8 Å². The predicted octanol–water partition coefficient (Wildman–Crippen LogP) is 5.68. The Bertz CT molecular complexity index is 1220. The molecular weight excluding hydrogens is 430 g/mol. The van der Waals surface area contributed by atoms with Gasteiger partial charge < -0.3 is 0 Å². The minimum atomic E-state index is -0.654. The van der Waals surface area contributed by atoms with Crippen molar-refractivity contribution in [2.75, 3.05) is 0 Å². The van der Waals surface area contributed by atoms with Gasteiger partial charge in [-0.3, -0.25) is 24.9 Å². The molecule has 5 nitrogen and oxygen atoms in total. The minimum absolute atomic E-state index is 0.654. The van der Waals surface area contributed by atoms with Crippen molar-refractivity contribution in [3.63, 3.8) is 0 Å². The van der Waals surface area contributed by atoms with Crippen LogP contribution in [0.2, 0.25) is 0 Å². The van der Waals surface area contributed by atoms with Crippen LogP contribution in [-0.4, -0.2) is 24.9 Å². The van der Waals surface area contributed by atoms with E-state index in [1.54, 1.807) is 0 Å². The summed E-state index contributed by atoms with van der Waals surface area (Å²) in [5.41, 5.74) is 5.10. The van der Waals surface area contributed by atoms with E-state index in [4.69, 9.17) is 24.9 Å². The smallest absolute Gasteiger partial charge is 0.0939 e. The number of hydrogen-bond acceptors (Lipinski definition) is 5. The molecule has 0 bridgehead atoms. The molecule has 0 spiro atoms. The zero-order valence-electron chi connectivity index (χ0n) is 20.1. The summed E-state index contributed by atoms with van der Waals surface area (Å²) in [4.78, 5) is 24.3. The fourth-order valence-electron chi connectivity index (χ4n) is 4.60. The van der Waals surface area contributed by atoms with Crippen LogP contribution in [0, 0.1) is 6.92 Å². The van der Waals surface area contributed by atoms with Crippen molar-refractivity contribution >= 4 is 0 Å². The molecule has 0 atom stereocenters. The topological polar surface area (TPSA) is 64.5 Å². The Morgan fingerprint density at radius 3 is 1.03 bits per heavy atom. The van der Waals surface area contributed by atoms with Gasteiger partial charge in [-0.1, -0.05) is 24.3 Å². The van der Waals surface area contributed by atoms with Crippen molar-refractivity contribution in [1.82, 2.24) is 24.9 Å². The van der Waals surface area contributed by atoms with Gasteiger partial charge in [0.15, 0.2) is 0 Å². The Kier molecular flexibility index (Phi) is 5.91. The molecule has 0 radical (unpaired) electrons. The van der Waals surface area contributed by atoms with Gasteiger partial charge >= 0.3 is 0 Å². The molecule has 0 N–H and O–H groups in total. The van der Waals surface area contributed by atoms with Crippen LogP contribution in [0.3, 0.4) is 0 Å². The molecule has 35 heavy (non-hydrogen) atoms. The Labute approximate surface area is 206 Å². The lowest BCUT2D eigenvalue weighted by Crippen LogP contribution is -2.33. The summed E-state index contributed by atoms with van der Waals surface area (Å²) in [6.07, 6.45) is 7.27. The zero-order valence-corrected chi connectivity index (χ0v) is 20.1. The quantitative estimate of drug-likeness (QED) is 0.328. The maximum Gasteiger partial charge on any atom is 0.0939 e. The maximum absolute atomic E-state index is 5.32. The number of hydrogen-bond donors (Lipinski definition) is 0. The van der Waals surface area contributed by atoms with Crippen molar-refractivity contribution in [2.24, 2.45) is 0 Å². The van der Waals surface area contributed by atoms with Crippen molar-refractivity contribution in [1.29, 1.82) is 0 Å². The highest BCUT2D eigenvalue weighted by Crippen LogP contribution is 2.40. The summed E-state index contributed by atoms with van der Waals surface area (Å²) in [6.45, 7) is 6.38. The summed E-state index contributed by atoms with van der Waals surface area (Å²) in [7, 11) is 0. The van der Waals surface area contributed by atoms with E-state index in [1.165, 1.54) is 0 Å². The molecule has 0 saturated carbocycles. The molecular formula is C30H27N5. The van der Waals surface area contributed by atoms with Gasteiger partial charge in [0.25, 0.3) is 0 Å². The van der Waals surface area contributed by atoms with Gasteiger partial charge in [-0.2, -0.15) is 0 Å². The Balaban J connectivity index is 1.79. The lowest BCUT2D eigenvalue weighted by Gasteiger charge is -2.32. The van der Waals surface area contributed by atoms with E-state index >= 15 is 0 Å². The van der Waals surface area contributed by atoms with Crippen molar-refractivity contribution in [3.05, 3.63) is 149 Å². The fourth-order valence-corrected chi connectivity index (χ4v) is 4.60. The number of rotatable bonds is 6. The third-order valence-electron chi connectivity index (χ3n) is 6.70. The molecule has 0 aliphatic heterocycles. The van der Waals surface area contributed by atoms with Crippen LogP contribution in [-0.2, 0) is 10.8 Å². The van der Waals surface area contributed by atoms with Crippen LogP contribution in [0.4, 0.5) is 0 Å². The molecule has 0 aliphatic carbocycles. The molecule has 172 valence electrons. The van der Waals surface area contributed by atoms with E-state index in [2.05, 4.69) is 32.9 Å². The second-order valence-electron chi connectivity index (χ2n) is 9.02. The first-order chi connectivity index (χ1) is 17.0. The largest absolute Gasteiger partial charge is 0.260 e. The van der Waals surface area contributed by atoms with E-state index in [9.17, 15) is 0 Å². The van der Waals surface area contributed by atoms with E-state index < -0.39 is 10.8 Å². The van der Waals surface area contributed by atoms with Gasteiger partial charge in [-0.15, -0.1) is 0 Å². The average Bonchev–Trinajstić information content (AvgIpc) is 2.93. The summed E-state index contributed by atoms with van der Waals surface area (Å²) in [5.74, 6) is 0. The van der Waals surface area contributed by atoms with Crippen LogP contribution in [0.5, 0.6) is 0 Å². The van der Waals surface area contributed by atoms with E-state index in [0.29, 0.717) is 0 Å². The SMILES string of the molecule is Cc1cc(C(C)(c2ccccn2)c2ccccn2)nc(C(C)(c2ccccn2)c2ccccn2)c1. The average molecular weight is 458 g/mol. The summed E-state index contributed by atoms with van der Waals surface area (Å²) >= 11 is 0. The highest BCUT2D eigenvalue weighted by Gasteiger charge is 2.40. The number of pyridine rings is 5. The van der Waals surface area contributed by atoms with Crippen molar-refractivity contribution < 1.29 is 0 Å². The summed E-state index contributed by atoms with van der Waals surface area (Å²) < 4.78 is 0.